The zero-order valence-electron chi connectivity index (χ0n) is 13.1. The van der Waals surface area contributed by atoms with Crippen LogP contribution in [0.3, 0.4) is 0 Å². The number of halogens is 1. The Morgan fingerprint density at radius 2 is 2.00 bits per heavy atom. The molecule has 2 saturated heterocycles. The molecule has 23 heavy (non-hydrogen) atoms. The van der Waals surface area contributed by atoms with Gasteiger partial charge in [0.15, 0.2) is 0 Å². The summed E-state index contributed by atoms with van der Waals surface area (Å²) >= 11 is 3.45. The molecule has 0 aromatic heterocycles. The molecule has 0 spiro atoms. The zero-order valence-corrected chi connectivity index (χ0v) is 14.6. The van der Waals surface area contributed by atoms with E-state index < -0.39 is 5.41 Å². The number of ether oxygens (including phenoxy) is 1. The molecule has 5 nitrogen and oxygen atoms in total. The van der Waals surface area contributed by atoms with Crippen LogP contribution < -0.4 is 10.6 Å². The largest absolute Gasteiger partial charge is 0.391 e. The molecule has 0 radical (unpaired) electrons. The lowest BCUT2D eigenvalue weighted by Gasteiger charge is -2.36. The average molecular weight is 383 g/mol. The number of carbonyl (C=O) groups is 1. The molecule has 1 aromatic rings. The van der Waals surface area contributed by atoms with Gasteiger partial charge >= 0.3 is 0 Å². The Morgan fingerprint density at radius 3 is 2.61 bits per heavy atom. The quantitative estimate of drug-likeness (QED) is 0.731. The van der Waals surface area contributed by atoms with Crippen molar-refractivity contribution < 1.29 is 14.6 Å². The van der Waals surface area contributed by atoms with Gasteiger partial charge in [-0.1, -0.05) is 28.1 Å². The molecule has 2 unspecified atom stereocenters. The van der Waals surface area contributed by atoms with Gasteiger partial charge in [0.25, 0.3) is 0 Å². The molecule has 0 bridgehead atoms. The molecular weight excluding hydrogens is 360 g/mol. The summed E-state index contributed by atoms with van der Waals surface area (Å²) in [5.74, 6) is 0.128. The van der Waals surface area contributed by atoms with E-state index in [2.05, 4.69) is 26.6 Å². The minimum Gasteiger partial charge on any atom is -0.391 e. The lowest BCUT2D eigenvalue weighted by molar-refractivity contribution is -0.130. The van der Waals surface area contributed by atoms with Crippen molar-refractivity contribution in [3.63, 3.8) is 0 Å². The summed E-state index contributed by atoms with van der Waals surface area (Å²) in [6.07, 6.45) is 0.992. The number of benzene rings is 1. The first-order valence-corrected chi connectivity index (χ1v) is 8.92. The predicted molar refractivity (Wildman–Crippen MR) is 91.2 cm³/mol. The number of hydrogen-bond acceptors (Lipinski definition) is 4. The van der Waals surface area contributed by atoms with Crippen molar-refractivity contribution in [2.24, 2.45) is 5.92 Å². The summed E-state index contributed by atoms with van der Waals surface area (Å²) in [6, 6.07) is 7.98. The van der Waals surface area contributed by atoms with Crippen LogP contribution in [0.4, 0.5) is 0 Å². The second-order valence-electron chi connectivity index (χ2n) is 6.40. The van der Waals surface area contributed by atoms with Gasteiger partial charge in [0.1, 0.15) is 0 Å². The first-order chi connectivity index (χ1) is 11.1. The van der Waals surface area contributed by atoms with Crippen LogP contribution >= 0.6 is 15.9 Å². The molecule has 0 saturated carbocycles. The molecule has 2 heterocycles. The van der Waals surface area contributed by atoms with Gasteiger partial charge in [0.2, 0.25) is 5.91 Å². The number of β-amino-alcohol motifs (C(OH)–C–C–N with tert-alkyl or cyclic N) is 1. The van der Waals surface area contributed by atoms with Gasteiger partial charge in [-0.3, -0.25) is 4.79 Å². The smallest absolute Gasteiger partial charge is 0.230 e. The second kappa shape index (κ2) is 7.30. The van der Waals surface area contributed by atoms with Crippen LogP contribution in [0, 0.1) is 5.92 Å². The van der Waals surface area contributed by atoms with Gasteiger partial charge in [-0.2, -0.15) is 0 Å². The van der Waals surface area contributed by atoms with Crippen molar-refractivity contribution in [2.45, 2.75) is 24.4 Å². The summed E-state index contributed by atoms with van der Waals surface area (Å²) in [5, 5.41) is 16.1. The number of aliphatic hydroxyl groups is 1. The highest BCUT2D eigenvalue weighted by Crippen LogP contribution is 2.35. The number of rotatable bonds is 4. The molecule has 1 amide bonds. The Hall–Kier alpha value is -0.950. The van der Waals surface area contributed by atoms with Gasteiger partial charge in [0, 0.05) is 43.2 Å². The van der Waals surface area contributed by atoms with E-state index in [9.17, 15) is 9.90 Å². The number of nitrogens with one attached hydrogen (secondary N) is 2. The van der Waals surface area contributed by atoms with E-state index in [1.807, 2.05) is 24.3 Å². The van der Waals surface area contributed by atoms with Crippen molar-refractivity contribution >= 4 is 21.8 Å². The van der Waals surface area contributed by atoms with Gasteiger partial charge < -0.3 is 20.5 Å². The molecule has 0 aliphatic carbocycles. The fourth-order valence-electron chi connectivity index (χ4n) is 3.46. The predicted octanol–water partition coefficient (Wildman–Crippen LogP) is 1.19. The maximum absolute atomic E-state index is 13.0. The topological polar surface area (TPSA) is 70.6 Å². The van der Waals surface area contributed by atoms with E-state index >= 15 is 0 Å². The summed E-state index contributed by atoms with van der Waals surface area (Å²) in [7, 11) is 0. The first kappa shape index (κ1) is 16.9. The number of aliphatic hydroxyl groups excluding tert-OH is 1. The SMILES string of the molecule is O=C(NCC1CNCC1O)C1(c2ccc(Br)cc2)CCOCC1. The minimum atomic E-state index is -0.532. The normalized spacial score (nSPS) is 26.9. The van der Waals surface area contributed by atoms with Crippen LogP contribution in [-0.4, -0.2) is 50.0 Å². The van der Waals surface area contributed by atoms with Crippen LogP contribution in [0.5, 0.6) is 0 Å². The molecule has 2 aliphatic heterocycles. The van der Waals surface area contributed by atoms with E-state index in [1.54, 1.807) is 0 Å². The summed E-state index contributed by atoms with van der Waals surface area (Å²) < 4.78 is 6.48. The number of hydrogen-bond donors (Lipinski definition) is 3. The molecule has 6 heteroatoms. The molecule has 3 N–H and O–H groups in total. The second-order valence-corrected chi connectivity index (χ2v) is 7.31. The third-order valence-corrected chi connectivity index (χ3v) is 5.54. The molecule has 3 rings (SSSR count). The van der Waals surface area contributed by atoms with E-state index in [4.69, 9.17) is 4.74 Å². The van der Waals surface area contributed by atoms with E-state index in [0.29, 0.717) is 39.1 Å². The van der Waals surface area contributed by atoms with Crippen molar-refractivity contribution in [2.75, 3.05) is 32.8 Å². The monoisotopic (exact) mass is 382 g/mol. The van der Waals surface area contributed by atoms with E-state index in [-0.39, 0.29) is 17.9 Å². The van der Waals surface area contributed by atoms with E-state index in [1.165, 1.54) is 0 Å². The van der Waals surface area contributed by atoms with Crippen molar-refractivity contribution in [3.8, 4) is 0 Å². The number of carbonyl (C=O) groups excluding carboxylic acids is 1. The fraction of sp³-hybridized carbons (Fsp3) is 0.588. The Balaban J connectivity index is 1.75. The molecule has 2 atom stereocenters. The van der Waals surface area contributed by atoms with Crippen LogP contribution in [0.2, 0.25) is 0 Å². The molecule has 2 aliphatic rings. The van der Waals surface area contributed by atoms with E-state index in [0.717, 1.165) is 16.6 Å². The maximum Gasteiger partial charge on any atom is 0.230 e. The van der Waals surface area contributed by atoms with Crippen molar-refractivity contribution in [3.05, 3.63) is 34.3 Å². The Labute approximate surface area is 144 Å². The highest BCUT2D eigenvalue weighted by Gasteiger charge is 2.42. The van der Waals surface area contributed by atoms with Gasteiger partial charge in [-0.05, 0) is 30.5 Å². The Morgan fingerprint density at radius 1 is 1.30 bits per heavy atom. The third kappa shape index (κ3) is 3.60. The first-order valence-electron chi connectivity index (χ1n) is 8.13. The standard InChI is InChI=1S/C17H23BrN2O3/c18-14-3-1-13(2-4-14)17(5-7-23-8-6-17)16(22)20-10-12-9-19-11-15(12)21/h1-4,12,15,19,21H,5-11H2,(H,20,22). The van der Waals surface area contributed by atoms with Gasteiger partial charge in [0.05, 0.1) is 11.5 Å². The molecule has 126 valence electrons. The van der Waals surface area contributed by atoms with Crippen LogP contribution in [0.15, 0.2) is 28.7 Å². The minimum absolute atomic E-state index is 0.0437. The summed E-state index contributed by atoms with van der Waals surface area (Å²) in [5.41, 5.74) is 0.502. The van der Waals surface area contributed by atoms with Crippen LogP contribution in [0.25, 0.3) is 0 Å². The zero-order chi connectivity index (χ0) is 16.3. The average Bonchev–Trinajstić information content (AvgIpc) is 2.99. The summed E-state index contributed by atoms with van der Waals surface area (Å²) in [6.45, 7) is 3.04. The third-order valence-electron chi connectivity index (χ3n) is 5.01. The molecule has 2 fully saturated rings. The van der Waals surface area contributed by atoms with Gasteiger partial charge in [-0.25, -0.2) is 0 Å². The van der Waals surface area contributed by atoms with Crippen LogP contribution in [-0.2, 0) is 14.9 Å². The lowest BCUT2D eigenvalue weighted by atomic mass is 9.73. The van der Waals surface area contributed by atoms with Gasteiger partial charge in [-0.15, -0.1) is 0 Å². The highest BCUT2D eigenvalue weighted by molar-refractivity contribution is 9.10. The van der Waals surface area contributed by atoms with Crippen LogP contribution in [0.1, 0.15) is 18.4 Å². The summed E-state index contributed by atoms with van der Waals surface area (Å²) in [4.78, 5) is 13.0. The lowest BCUT2D eigenvalue weighted by Crippen LogP contribution is -2.49. The Kier molecular flexibility index (Phi) is 5.36. The Bertz CT molecular complexity index is 543. The molecular formula is C17H23BrN2O3. The van der Waals surface area contributed by atoms with Crippen molar-refractivity contribution in [1.29, 1.82) is 0 Å². The maximum atomic E-state index is 13.0. The molecule has 1 aromatic carbocycles. The number of amides is 1. The van der Waals surface area contributed by atoms with Crippen molar-refractivity contribution in [1.82, 2.24) is 10.6 Å². The highest BCUT2D eigenvalue weighted by atomic mass is 79.9. The fourth-order valence-corrected chi connectivity index (χ4v) is 3.72.